The zero-order chi connectivity index (χ0) is 13.5. The molecule has 0 saturated carbocycles. The normalized spacial score (nSPS) is 13.1. The van der Waals surface area contributed by atoms with Gasteiger partial charge in [0.05, 0.1) is 6.54 Å². The van der Waals surface area contributed by atoms with Crippen LogP contribution in [0.2, 0.25) is 0 Å². The van der Waals surface area contributed by atoms with Gasteiger partial charge in [-0.15, -0.1) is 0 Å². The Balaban J connectivity index is 3.73. The number of allylic oxidation sites excluding steroid dienone is 2. The molecule has 0 spiro atoms. The van der Waals surface area contributed by atoms with Crippen LogP contribution in [0.3, 0.4) is 0 Å². The third kappa shape index (κ3) is 11.4. The maximum atomic E-state index is 11.6. The lowest BCUT2D eigenvalue weighted by Gasteiger charge is -2.21. The molecule has 3 nitrogen and oxygen atoms in total. The third-order valence-electron chi connectivity index (χ3n) is 2.28. The molecule has 0 heterocycles. The zero-order valence-electron chi connectivity index (χ0n) is 12.2. The summed E-state index contributed by atoms with van der Waals surface area (Å²) in [4.78, 5) is 11.6. The molecule has 0 radical (unpaired) electrons. The molecule has 1 atom stereocenters. The van der Waals surface area contributed by atoms with Crippen LogP contribution in [-0.2, 0) is 4.79 Å². The first-order chi connectivity index (χ1) is 7.70. The van der Waals surface area contributed by atoms with E-state index < -0.39 is 0 Å². The van der Waals surface area contributed by atoms with E-state index in [1.807, 2.05) is 20.8 Å². The summed E-state index contributed by atoms with van der Waals surface area (Å²) >= 11 is 0. The number of carbonyl (C=O) groups is 1. The molecule has 0 unspecified atom stereocenters. The fraction of sp³-hybridized carbons (Fsp3) is 0.786. The van der Waals surface area contributed by atoms with E-state index in [0.29, 0.717) is 12.6 Å². The van der Waals surface area contributed by atoms with E-state index in [9.17, 15) is 4.79 Å². The molecule has 0 aliphatic rings. The monoisotopic (exact) mass is 240 g/mol. The van der Waals surface area contributed by atoms with Crippen LogP contribution in [0.15, 0.2) is 11.6 Å². The number of rotatable bonds is 6. The van der Waals surface area contributed by atoms with E-state index in [0.717, 1.165) is 12.8 Å². The first-order valence-electron chi connectivity index (χ1n) is 6.38. The van der Waals surface area contributed by atoms with E-state index in [2.05, 4.69) is 37.5 Å². The van der Waals surface area contributed by atoms with E-state index >= 15 is 0 Å². The number of hydrogen-bond donors (Lipinski definition) is 2. The van der Waals surface area contributed by atoms with Crippen LogP contribution in [0.1, 0.15) is 54.4 Å². The summed E-state index contributed by atoms with van der Waals surface area (Å²) in [6.45, 7) is 12.7. The van der Waals surface area contributed by atoms with E-state index in [1.54, 1.807) is 0 Å². The van der Waals surface area contributed by atoms with E-state index in [-0.39, 0.29) is 11.4 Å². The van der Waals surface area contributed by atoms with Gasteiger partial charge < -0.3 is 10.6 Å². The Kier molecular flexibility index (Phi) is 7.12. The molecular weight excluding hydrogens is 212 g/mol. The molecule has 0 aliphatic carbocycles. The van der Waals surface area contributed by atoms with E-state index in [1.165, 1.54) is 5.57 Å². The van der Waals surface area contributed by atoms with Gasteiger partial charge in [0.1, 0.15) is 0 Å². The molecule has 0 saturated heterocycles. The van der Waals surface area contributed by atoms with Gasteiger partial charge in [-0.2, -0.15) is 0 Å². The number of nitrogens with one attached hydrogen (secondary N) is 2. The van der Waals surface area contributed by atoms with Crippen molar-refractivity contribution in [1.82, 2.24) is 10.6 Å². The lowest BCUT2D eigenvalue weighted by atomic mass is 10.1. The summed E-state index contributed by atoms with van der Waals surface area (Å²) in [6, 6.07) is 0.372. The Labute approximate surface area is 106 Å². The van der Waals surface area contributed by atoms with Crippen molar-refractivity contribution in [3.05, 3.63) is 11.6 Å². The molecule has 0 aromatic rings. The van der Waals surface area contributed by atoms with Gasteiger partial charge in [0.15, 0.2) is 0 Å². The van der Waals surface area contributed by atoms with Crippen molar-refractivity contribution in [2.45, 2.75) is 66.0 Å². The predicted molar refractivity (Wildman–Crippen MR) is 74.0 cm³/mol. The zero-order valence-corrected chi connectivity index (χ0v) is 12.2. The second-order valence-corrected chi connectivity index (χ2v) is 5.94. The topological polar surface area (TPSA) is 41.1 Å². The molecule has 0 rings (SSSR count). The SMILES string of the molecule is CC(C)=CCC[C@@H](C)NCC(=O)NC(C)(C)C. The minimum absolute atomic E-state index is 0.0616. The highest BCUT2D eigenvalue weighted by Gasteiger charge is 2.13. The van der Waals surface area contributed by atoms with Crippen LogP contribution in [0.25, 0.3) is 0 Å². The Bertz CT molecular complexity index is 260. The molecule has 0 bridgehead atoms. The average Bonchev–Trinajstić information content (AvgIpc) is 2.11. The molecular formula is C14H28N2O. The van der Waals surface area contributed by atoms with Crippen molar-refractivity contribution in [3.8, 4) is 0 Å². The quantitative estimate of drug-likeness (QED) is 0.701. The summed E-state index contributed by atoms with van der Waals surface area (Å²) in [7, 11) is 0. The Hall–Kier alpha value is -0.830. The van der Waals surface area contributed by atoms with Gasteiger partial charge in [-0.1, -0.05) is 11.6 Å². The molecule has 100 valence electrons. The summed E-state index contributed by atoms with van der Waals surface area (Å²) in [5.41, 5.74) is 1.20. The molecule has 2 N–H and O–H groups in total. The van der Waals surface area contributed by atoms with Crippen molar-refractivity contribution in [3.63, 3.8) is 0 Å². The third-order valence-corrected chi connectivity index (χ3v) is 2.28. The largest absolute Gasteiger partial charge is 0.350 e. The lowest BCUT2D eigenvalue weighted by molar-refractivity contribution is -0.121. The first-order valence-corrected chi connectivity index (χ1v) is 6.38. The molecule has 0 aliphatic heterocycles. The highest BCUT2D eigenvalue weighted by Crippen LogP contribution is 2.01. The standard InChI is InChI=1S/C14H28N2O/c1-11(2)8-7-9-12(3)15-10-13(17)16-14(4,5)6/h8,12,15H,7,9-10H2,1-6H3,(H,16,17)/t12-/m1/s1. The Morgan fingerprint density at radius 1 is 1.29 bits per heavy atom. The van der Waals surface area contributed by atoms with Crippen molar-refractivity contribution in [1.29, 1.82) is 0 Å². The number of hydrogen-bond acceptors (Lipinski definition) is 2. The van der Waals surface area contributed by atoms with Gasteiger partial charge in [-0.05, 0) is 54.4 Å². The van der Waals surface area contributed by atoms with Gasteiger partial charge in [-0.25, -0.2) is 0 Å². The minimum Gasteiger partial charge on any atom is -0.350 e. The Morgan fingerprint density at radius 3 is 2.35 bits per heavy atom. The van der Waals surface area contributed by atoms with Crippen LogP contribution in [-0.4, -0.2) is 24.0 Å². The van der Waals surface area contributed by atoms with Gasteiger partial charge in [-0.3, -0.25) is 4.79 Å². The van der Waals surface area contributed by atoms with Crippen molar-refractivity contribution >= 4 is 5.91 Å². The van der Waals surface area contributed by atoms with Gasteiger partial charge in [0.2, 0.25) is 5.91 Å². The van der Waals surface area contributed by atoms with Crippen molar-refractivity contribution in [2.75, 3.05) is 6.54 Å². The van der Waals surface area contributed by atoms with Crippen molar-refractivity contribution in [2.24, 2.45) is 0 Å². The van der Waals surface area contributed by atoms with Crippen LogP contribution in [0.5, 0.6) is 0 Å². The van der Waals surface area contributed by atoms with Crippen LogP contribution >= 0.6 is 0 Å². The summed E-state index contributed by atoms with van der Waals surface area (Å²) < 4.78 is 0. The molecule has 0 aromatic carbocycles. The lowest BCUT2D eigenvalue weighted by Crippen LogP contribution is -2.46. The van der Waals surface area contributed by atoms with Gasteiger partial charge in [0.25, 0.3) is 0 Å². The van der Waals surface area contributed by atoms with Crippen molar-refractivity contribution < 1.29 is 4.79 Å². The van der Waals surface area contributed by atoms with Gasteiger partial charge in [0, 0.05) is 11.6 Å². The molecule has 3 heteroatoms. The maximum absolute atomic E-state index is 11.6. The molecule has 1 amide bonds. The summed E-state index contributed by atoms with van der Waals surface area (Å²) in [5, 5.41) is 6.17. The first kappa shape index (κ1) is 16.2. The maximum Gasteiger partial charge on any atom is 0.234 e. The van der Waals surface area contributed by atoms with Crippen LogP contribution in [0, 0.1) is 0 Å². The highest BCUT2D eigenvalue weighted by molar-refractivity contribution is 5.78. The summed E-state index contributed by atoms with van der Waals surface area (Å²) in [6.07, 6.45) is 4.36. The second-order valence-electron chi connectivity index (χ2n) is 5.94. The summed E-state index contributed by atoms with van der Waals surface area (Å²) in [5.74, 6) is 0.0616. The number of carbonyl (C=O) groups excluding carboxylic acids is 1. The fourth-order valence-electron chi connectivity index (χ4n) is 1.45. The molecule has 17 heavy (non-hydrogen) atoms. The van der Waals surface area contributed by atoms with E-state index in [4.69, 9.17) is 0 Å². The smallest absolute Gasteiger partial charge is 0.234 e. The average molecular weight is 240 g/mol. The Morgan fingerprint density at radius 2 is 1.88 bits per heavy atom. The minimum atomic E-state index is -0.149. The second kappa shape index (κ2) is 7.49. The fourth-order valence-corrected chi connectivity index (χ4v) is 1.45. The molecule has 0 aromatic heterocycles. The highest BCUT2D eigenvalue weighted by atomic mass is 16.2. The van der Waals surface area contributed by atoms with Crippen LogP contribution in [0.4, 0.5) is 0 Å². The number of amides is 1. The van der Waals surface area contributed by atoms with Gasteiger partial charge >= 0.3 is 0 Å². The predicted octanol–water partition coefficient (Wildman–Crippen LogP) is 2.63. The van der Waals surface area contributed by atoms with Crippen LogP contribution < -0.4 is 10.6 Å². The molecule has 0 fully saturated rings.